The summed E-state index contributed by atoms with van der Waals surface area (Å²) >= 11 is 0. The van der Waals surface area contributed by atoms with Gasteiger partial charge in [-0.1, -0.05) is 27.2 Å². The van der Waals surface area contributed by atoms with E-state index in [2.05, 4.69) is 25.7 Å². The van der Waals surface area contributed by atoms with Crippen LogP contribution in [0.15, 0.2) is 0 Å². The first kappa shape index (κ1) is 12.9. The van der Waals surface area contributed by atoms with Crippen LogP contribution in [-0.4, -0.2) is 36.2 Å². The molecule has 80 valence electrons. The Labute approximate surface area is 82.9 Å². The third-order valence-corrected chi connectivity index (χ3v) is 2.59. The fourth-order valence-corrected chi connectivity index (χ4v) is 1.40. The van der Waals surface area contributed by atoms with Crippen molar-refractivity contribution in [2.24, 2.45) is 5.92 Å². The molecule has 0 spiro atoms. The molecule has 0 aromatic rings. The molecule has 0 rings (SSSR count). The van der Waals surface area contributed by atoms with Gasteiger partial charge in [-0.15, -0.1) is 0 Å². The second kappa shape index (κ2) is 8.52. The molecule has 0 aliphatic heterocycles. The Morgan fingerprint density at radius 3 is 2.31 bits per heavy atom. The molecule has 0 saturated carbocycles. The van der Waals surface area contributed by atoms with Crippen molar-refractivity contribution in [3.63, 3.8) is 0 Å². The molecule has 0 fully saturated rings. The fraction of sp³-hybridized carbons (Fsp3) is 1.00. The largest absolute Gasteiger partial charge is 0.395 e. The lowest BCUT2D eigenvalue weighted by Gasteiger charge is -2.21. The van der Waals surface area contributed by atoms with Crippen LogP contribution < -0.4 is 0 Å². The first-order valence-electron chi connectivity index (χ1n) is 5.57. The quantitative estimate of drug-likeness (QED) is 0.629. The molecule has 0 radical (unpaired) electrons. The normalized spacial score (nSPS) is 13.6. The number of aliphatic hydroxyl groups is 1. The van der Waals surface area contributed by atoms with E-state index in [4.69, 9.17) is 5.11 Å². The molecule has 2 nitrogen and oxygen atoms in total. The second-order valence-electron chi connectivity index (χ2n) is 3.87. The van der Waals surface area contributed by atoms with Crippen molar-refractivity contribution in [1.82, 2.24) is 4.90 Å². The summed E-state index contributed by atoms with van der Waals surface area (Å²) in [5.74, 6) is 0.818. The minimum Gasteiger partial charge on any atom is -0.395 e. The van der Waals surface area contributed by atoms with Crippen LogP contribution in [0.2, 0.25) is 0 Å². The average molecular weight is 187 g/mol. The van der Waals surface area contributed by atoms with E-state index in [1.807, 2.05) is 0 Å². The lowest BCUT2D eigenvalue weighted by molar-refractivity contribution is 0.187. The van der Waals surface area contributed by atoms with Gasteiger partial charge in [0.1, 0.15) is 0 Å². The van der Waals surface area contributed by atoms with Crippen molar-refractivity contribution in [2.45, 2.75) is 40.0 Å². The maximum atomic E-state index is 8.84. The van der Waals surface area contributed by atoms with Gasteiger partial charge in [-0.3, -0.25) is 0 Å². The molecular formula is C11H25NO. The van der Waals surface area contributed by atoms with Gasteiger partial charge in [0.25, 0.3) is 0 Å². The Bertz CT molecular complexity index is 100. The Kier molecular flexibility index (Phi) is 8.46. The van der Waals surface area contributed by atoms with Crippen LogP contribution in [0.5, 0.6) is 0 Å². The lowest BCUT2D eigenvalue weighted by atomic mass is 10.1. The van der Waals surface area contributed by atoms with Gasteiger partial charge in [0, 0.05) is 6.54 Å². The minimum atomic E-state index is 0.292. The number of aliphatic hydroxyl groups excluding tert-OH is 1. The molecule has 1 atom stereocenters. The van der Waals surface area contributed by atoms with E-state index in [-0.39, 0.29) is 0 Å². The smallest absolute Gasteiger partial charge is 0.0558 e. The third-order valence-electron chi connectivity index (χ3n) is 2.59. The van der Waals surface area contributed by atoms with Crippen LogP contribution in [0, 0.1) is 5.92 Å². The minimum absolute atomic E-state index is 0.292. The number of nitrogens with zero attached hydrogens (tertiary/aromatic N) is 1. The first-order valence-corrected chi connectivity index (χ1v) is 5.57. The van der Waals surface area contributed by atoms with E-state index in [1.54, 1.807) is 0 Å². The van der Waals surface area contributed by atoms with E-state index in [1.165, 1.54) is 19.3 Å². The molecule has 1 unspecified atom stereocenters. The van der Waals surface area contributed by atoms with Crippen molar-refractivity contribution >= 4 is 0 Å². The Balaban J connectivity index is 3.55. The molecule has 0 aliphatic carbocycles. The van der Waals surface area contributed by atoms with Gasteiger partial charge < -0.3 is 10.0 Å². The van der Waals surface area contributed by atoms with Crippen molar-refractivity contribution < 1.29 is 5.11 Å². The molecule has 0 aliphatic rings. The zero-order chi connectivity index (χ0) is 10.1. The Morgan fingerprint density at radius 1 is 1.15 bits per heavy atom. The second-order valence-corrected chi connectivity index (χ2v) is 3.87. The molecule has 0 aromatic heterocycles. The molecule has 1 N–H and O–H groups in total. The maximum absolute atomic E-state index is 8.84. The SMILES string of the molecule is CCCN(CCO)CCC(C)CC. The van der Waals surface area contributed by atoms with Crippen LogP contribution in [0.3, 0.4) is 0 Å². The summed E-state index contributed by atoms with van der Waals surface area (Å²) in [6.07, 6.45) is 3.70. The van der Waals surface area contributed by atoms with E-state index in [9.17, 15) is 0 Å². The third kappa shape index (κ3) is 7.03. The number of hydrogen-bond acceptors (Lipinski definition) is 2. The first-order chi connectivity index (χ1) is 6.24. The zero-order valence-corrected chi connectivity index (χ0v) is 9.42. The fourth-order valence-electron chi connectivity index (χ4n) is 1.40. The van der Waals surface area contributed by atoms with Crippen LogP contribution in [-0.2, 0) is 0 Å². The van der Waals surface area contributed by atoms with Crippen LogP contribution in [0.4, 0.5) is 0 Å². The molecule has 2 heteroatoms. The summed E-state index contributed by atoms with van der Waals surface area (Å²) in [6, 6.07) is 0. The standard InChI is InChI=1S/C11H25NO/c1-4-7-12(9-10-13)8-6-11(3)5-2/h11,13H,4-10H2,1-3H3. The van der Waals surface area contributed by atoms with E-state index >= 15 is 0 Å². The highest BCUT2D eigenvalue weighted by molar-refractivity contribution is 4.59. The average Bonchev–Trinajstić information content (AvgIpc) is 2.14. The van der Waals surface area contributed by atoms with Crippen molar-refractivity contribution in [3.05, 3.63) is 0 Å². The van der Waals surface area contributed by atoms with E-state index < -0.39 is 0 Å². The summed E-state index contributed by atoms with van der Waals surface area (Å²) in [7, 11) is 0. The lowest BCUT2D eigenvalue weighted by Crippen LogP contribution is -2.29. The highest BCUT2D eigenvalue weighted by atomic mass is 16.3. The predicted molar refractivity (Wildman–Crippen MR) is 57.9 cm³/mol. The van der Waals surface area contributed by atoms with Crippen molar-refractivity contribution in [3.8, 4) is 0 Å². The predicted octanol–water partition coefficient (Wildman–Crippen LogP) is 2.13. The highest BCUT2D eigenvalue weighted by Crippen LogP contribution is 2.07. The maximum Gasteiger partial charge on any atom is 0.0558 e. The Hall–Kier alpha value is -0.0800. The van der Waals surface area contributed by atoms with Gasteiger partial charge in [0.05, 0.1) is 6.61 Å². The molecule has 0 amide bonds. The molecule has 0 heterocycles. The molecule has 0 saturated heterocycles. The summed E-state index contributed by atoms with van der Waals surface area (Å²) < 4.78 is 0. The van der Waals surface area contributed by atoms with Gasteiger partial charge in [-0.2, -0.15) is 0 Å². The van der Waals surface area contributed by atoms with Crippen molar-refractivity contribution in [1.29, 1.82) is 0 Å². The Morgan fingerprint density at radius 2 is 1.85 bits per heavy atom. The molecule has 0 aromatic carbocycles. The number of rotatable bonds is 8. The van der Waals surface area contributed by atoms with Crippen LogP contribution >= 0.6 is 0 Å². The van der Waals surface area contributed by atoms with Gasteiger partial charge in [0.2, 0.25) is 0 Å². The molecule has 0 bridgehead atoms. The van der Waals surface area contributed by atoms with Crippen LogP contribution in [0.25, 0.3) is 0 Å². The van der Waals surface area contributed by atoms with Gasteiger partial charge in [-0.05, 0) is 31.8 Å². The monoisotopic (exact) mass is 187 g/mol. The summed E-state index contributed by atoms with van der Waals surface area (Å²) in [6.45, 7) is 10.1. The van der Waals surface area contributed by atoms with Gasteiger partial charge in [0.15, 0.2) is 0 Å². The van der Waals surface area contributed by atoms with E-state index in [0.717, 1.165) is 25.6 Å². The zero-order valence-electron chi connectivity index (χ0n) is 9.42. The van der Waals surface area contributed by atoms with Gasteiger partial charge >= 0.3 is 0 Å². The van der Waals surface area contributed by atoms with E-state index in [0.29, 0.717) is 6.61 Å². The molecule has 13 heavy (non-hydrogen) atoms. The van der Waals surface area contributed by atoms with Gasteiger partial charge in [-0.25, -0.2) is 0 Å². The summed E-state index contributed by atoms with van der Waals surface area (Å²) in [4.78, 5) is 2.35. The summed E-state index contributed by atoms with van der Waals surface area (Å²) in [5.41, 5.74) is 0. The van der Waals surface area contributed by atoms with Crippen molar-refractivity contribution in [2.75, 3.05) is 26.2 Å². The topological polar surface area (TPSA) is 23.5 Å². The molecular weight excluding hydrogens is 162 g/mol. The summed E-state index contributed by atoms with van der Waals surface area (Å²) in [5, 5.41) is 8.84. The number of hydrogen-bond donors (Lipinski definition) is 1. The van der Waals surface area contributed by atoms with Crippen LogP contribution in [0.1, 0.15) is 40.0 Å². The highest BCUT2D eigenvalue weighted by Gasteiger charge is 2.05.